The van der Waals surface area contributed by atoms with Crippen LogP contribution in [0.25, 0.3) is 0 Å². The summed E-state index contributed by atoms with van der Waals surface area (Å²) in [4.78, 5) is 11.1. The van der Waals surface area contributed by atoms with Crippen molar-refractivity contribution in [3.05, 3.63) is 29.3 Å². The highest BCUT2D eigenvalue weighted by Crippen LogP contribution is 2.29. The van der Waals surface area contributed by atoms with E-state index in [4.69, 9.17) is 9.84 Å². The van der Waals surface area contributed by atoms with Gasteiger partial charge in [0.1, 0.15) is 17.9 Å². The first kappa shape index (κ1) is 13.9. The van der Waals surface area contributed by atoms with E-state index in [1.807, 2.05) is 19.1 Å². The molecule has 2 unspecified atom stereocenters. The van der Waals surface area contributed by atoms with Crippen LogP contribution in [-0.2, 0) is 11.2 Å². The summed E-state index contributed by atoms with van der Waals surface area (Å²) >= 11 is 0. The minimum absolute atomic E-state index is 0.0375. The van der Waals surface area contributed by atoms with Gasteiger partial charge in [0, 0.05) is 13.0 Å². The molecule has 1 aromatic carbocycles. The molecule has 0 spiro atoms. The lowest BCUT2D eigenvalue weighted by molar-refractivity contribution is -0.139. The van der Waals surface area contributed by atoms with E-state index in [1.165, 1.54) is 11.1 Å². The van der Waals surface area contributed by atoms with E-state index in [2.05, 4.69) is 18.3 Å². The summed E-state index contributed by atoms with van der Waals surface area (Å²) in [6.07, 6.45) is 2.39. The fourth-order valence-corrected chi connectivity index (χ4v) is 2.44. The summed E-state index contributed by atoms with van der Waals surface area (Å²) < 4.78 is 5.81. The van der Waals surface area contributed by atoms with Gasteiger partial charge in [0.05, 0.1) is 0 Å². The Morgan fingerprint density at radius 2 is 2.37 bits per heavy atom. The quantitative estimate of drug-likeness (QED) is 0.825. The predicted molar refractivity (Wildman–Crippen MR) is 73.6 cm³/mol. The molecule has 4 nitrogen and oxygen atoms in total. The fraction of sp³-hybridized carbons (Fsp3) is 0.533. The largest absolute Gasteiger partial charge is 0.488 e. The van der Waals surface area contributed by atoms with E-state index in [0.717, 1.165) is 18.6 Å². The molecule has 2 rings (SSSR count). The second-order valence-electron chi connectivity index (χ2n) is 5.14. The lowest BCUT2D eigenvalue weighted by Crippen LogP contribution is -2.42. The molecular weight excluding hydrogens is 242 g/mol. The number of carboxylic acids is 1. The molecule has 104 valence electrons. The van der Waals surface area contributed by atoms with Crippen LogP contribution < -0.4 is 10.1 Å². The zero-order valence-electron chi connectivity index (χ0n) is 11.5. The molecule has 0 saturated carbocycles. The third kappa shape index (κ3) is 3.47. The van der Waals surface area contributed by atoms with Crippen LogP contribution in [-0.4, -0.2) is 29.8 Å². The third-order valence-corrected chi connectivity index (χ3v) is 3.42. The van der Waals surface area contributed by atoms with E-state index in [1.54, 1.807) is 0 Å². The molecule has 19 heavy (non-hydrogen) atoms. The number of aliphatic carboxylic acids is 1. The third-order valence-electron chi connectivity index (χ3n) is 3.42. The summed E-state index contributed by atoms with van der Waals surface area (Å²) in [6, 6.07) is 5.69. The van der Waals surface area contributed by atoms with Crippen LogP contribution in [0.5, 0.6) is 5.75 Å². The zero-order chi connectivity index (χ0) is 13.8. The number of aryl methyl sites for hydroxylation is 1. The number of carboxylic acid groups (broad SMARTS) is 1. The molecular formula is C15H21NO3. The van der Waals surface area contributed by atoms with Crippen LogP contribution in [0, 0.1) is 6.92 Å². The highest BCUT2D eigenvalue weighted by molar-refractivity contribution is 5.73. The maximum atomic E-state index is 11.1. The summed E-state index contributed by atoms with van der Waals surface area (Å²) in [6.45, 7) is 4.63. The second-order valence-corrected chi connectivity index (χ2v) is 5.14. The van der Waals surface area contributed by atoms with Gasteiger partial charge in [-0.2, -0.15) is 0 Å². The molecule has 2 atom stereocenters. The SMILES string of the molecule is CCCC(NCC1Cc2cc(C)ccc2O1)C(=O)O. The van der Waals surface area contributed by atoms with Crippen molar-refractivity contribution < 1.29 is 14.6 Å². The molecule has 2 N–H and O–H groups in total. The molecule has 1 heterocycles. The molecule has 0 amide bonds. The Bertz CT molecular complexity index is 459. The summed E-state index contributed by atoms with van der Waals surface area (Å²) in [5.74, 6) is 0.146. The Labute approximate surface area is 113 Å². The number of hydrogen-bond donors (Lipinski definition) is 2. The Morgan fingerprint density at radius 3 is 3.05 bits per heavy atom. The number of nitrogens with one attached hydrogen (secondary N) is 1. The van der Waals surface area contributed by atoms with Crippen molar-refractivity contribution in [3.8, 4) is 5.75 Å². The first-order chi connectivity index (χ1) is 9.10. The monoisotopic (exact) mass is 263 g/mol. The normalized spacial score (nSPS) is 18.7. The van der Waals surface area contributed by atoms with Crippen molar-refractivity contribution in [2.24, 2.45) is 0 Å². The van der Waals surface area contributed by atoms with E-state index < -0.39 is 12.0 Å². The lowest BCUT2D eigenvalue weighted by atomic mass is 10.1. The van der Waals surface area contributed by atoms with Crippen molar-refractivity contribution in [2.75, 3.05) is 6.54 Å². The molecule has 0 radical (unpaired) electrons. The van der Waals surface area contributed by atoms with Gasteiger partial charge >= 0.3 is 5.97 Å². The number of fused-ring (bicyclic) bond motifs is 1. The maximum Gasteiger partial charge on any atom is 0.320 e. The van der Waals surface area contributed by atoms with Gasteiger partial charge in [-0.25, -0.2) is 0 Å². The van der Waals surface area contributed by atoms with Crippen LogP contribution in [0.3, 0.4) is 0 Å². The van der Waals surface area contributed by atoms with Gasteiger partial charge in [-0.05, 0) is 25.0 Å². The Hall–Kier alpha value is -1.55. The second kappa shape index (κ2) is 6.06. The van der Waals surface area contributed by atoms with Gasteiger partial charge in [-0.15, -0.1) is 0 Å². The van der Waals surface area contributed by atoms with Gasteiger partial charge in [0.15, 0.2) is 0 Å². The van der Waals surface area contributed by atoms with Gasteiger partial charge in [-0.1, -0.05) is 31.0 Å². The lowest BCUT2D eigenvalue weighted by Gasteiger charge is -2.17. The van der Waals surface area contributed by atoms with Crippen LogP contribution in [0.15, 0.2) is 18.2 Å². The average molecular weight is 263 g/mol. The first-order valence-corrected chi connectivity index (χ1v) is 6.82. The van der Waals surface area contributed by atoms with E-state index in [-0.39, 0.29) is 6.10 Å². The van der Waals surface area contributed by atoms with Crippen LogP contribution in [0.2, 0.25) is 0 Å². The number of carbonyl (C=O) groups is 1. The molecule has 1 aromatic rings. The summed E-state index contributed by atoms with van der Waals surface area (Å²) in [7, 11) is 0. The van der Waals surface area contributed by atoms with Crippen molar-refractivity contribution in [3.63, 3.8) is 0 Å². The van der Waals surface area contributed by atoms with E-state index in [0.29, 0.717) is 13.0 Å². The molecule has 0 aliphatic carbocycles. The smallest absolute Gasteiger partial charge is 0.320 e. The van der Waals surface area contributed by atoms with Gasteiger partial charge in [-0.3, -0.25) is 4.79 Å². The van der Waals surface area contributed by atoms with Crippen molar-refractivity contribution in [1.29, 1.82) is 0 Å². The first-order valence-electron chi connectivity index (χ1n) is 6.82. The molecule has 0 fully saturated rings. The molecule has 0 bridgehead atoms. The number of ether oxygens (including phenoxy) is 1. The molecule has 1 aliphatic heterocycles. The molecule has 1 aliphatic rings. The minimum Gasteiger partial charge on any atom is -0.488 e. The number of rotatable bonds is 6. The fourth-order valence-electron chi connectivity index (χ4n) is 2.44. The zero-order valence-corrected chi connectivity index (χ0v) is 11.5. The summed E-state index contributed by atoms with van der Waals surface area (Å²) in [5.41, 5.74) is 2.44. The Balaban J connectivity index is 1.88. The highest BCUT2D eigenvalue weighted by Gasteiger charge is 2.24. The number of benzene rings is 1. The van der Waals surface area contributed by atoms with Crippen molar-refractivity contribution >= 4 is 5.97 Å². The van der Waals surface area contributed by atoms with Gasteiger partial charge in [0.2, 0.25) is 0 Å². The molecule has 0 saturated heterocycles. The molecule has 4 heteroatoms. The Morgan fingerprint density at radius 1 is 1.58 bits per heavy atom. The number of hydrogen-bond acceptors (Lipinski definition) is 3. The average Bonchev–Trinajstić information content (AvgIpc) is 2.75. The standard InChI is InChI=1S/C15H21NO3/c1-3-4-13(15(17)18)16-9-12-8-11-7-10(2)5-6-14(11)19-12/h5-7,12-13,16H,3-4,8-9H2,1-2H3,(H,17,18). The molecule has 0 aromatic heterocycles. The van der Waals surface area contributed by atoms with Crippen LogP contribution in [0.1, 0.15) is 30.9 Å². The maximum absolute atomic E-state index is 11.1. The van der Waals surface area contributed by atoms with Crippen molar-refractivity contribution in [1.82, 2.24) is 5.32 Å². The topological polar surface area (TPSA) is 58.6 Å². The highest BCUT2D eigenvalue weighted by atomic mass is 16.5. The predicted octanol–water partition coefficient (Wildman–Crippen LogP) is 2.14. The van der Waals surface area contributed by atoms with Gasteiger partial charge in [0.25, 0.3) is 0 Å². The van der Waals surface area contributed by atoms with Crippen molar-refractivity contribution in [2.45, 2.75) is 45.3 Å². The minimum atomic E-state index is -0.784. The van der Waals surface area contributed by atoms with E-state index >= 15 is 0 Å². The Kier molecular flexibility index (Phi) is 4.43. The van der Waals surface area contributed by atoms with Crippen LogP contribution in [0.4, 0.5) is 0 Å². The van der Waals surface area contributed by atoms with Crippen LogP contribution >= 0.6 is 0 Å². The summed E-state index contributed by atoms with van der Waals surface area (Å²) in [5, 5.41) is 12.2. The van der Waals surface area contributed by atoms with E-state index in [9.17, 15) is 4.79 Å². The van der Waals surface area contributed by atoms with Gasteiger partial charge < -0.3 is 15.2 Å².